The number of benzene rings is 1. The summed E-state index contributed by atoms with van der Waals surface area (Å²) in [6.45, 7) is 1.71. The summed E-state index contributed by atoms with van der Waals surface area (Å²) < 4.78 is 4.66. The number of nitrogens with zero attached hydrogens (tertiary/aromatic N) is 1. The topological polar surface area (TPSA) is 93.6 Å². The molecule has 112 valence electrons. The van der Waals surface area contributed by atoms with Gasteiger partial charge in [0, 0.05) is 11.8 Å². The van der Waals surface area contributed by atoms with Crippen molar-refractivity contribution in [3.05, 3.63) is 64.5 Å². The van der Waals surface area contributed by atoms with Gasteiger partial charge in [-0.3, -0.25) is 9.78 Å². The van der Waals surface area contributed by atoms with E-state index in [0.717, 1.165) is 0 Å². The lowest BCUT2D eigenvalue weighted by Crippen LogP contribution is -2.13. The molecule has 0 spiro atoms. The molecule has 0 aliphatic rings. The number of aryl methyl sites for hydroxylation is 1. The number of esters is 1. The number of ether oxygens (including phenoxy) is 1. The summed E-state index contributed by atoms with van der Waals surface area (Å²) in [6, 6.07) is 7.24. The molecule has 0 fully saturated rings. The number of hydrogen-bond donors (Lipinski definition) is 1. The van der Waals surface area contributed by atoms with Gasteiger partial charge in [0.2, 0.25) is 5.78 Å². The third-order valence-electron chi connectivity index (χ3n) is 3.16. The maximum Gasteiger partial charge on any atom is 0.338 e. The molecular formula is C16H13NO5. The number of pyridine rings is 1. The maximum atomic E-state index is 12.5. The molecule has 0 saturated carbocycles. The van der Waals surface area contributed by atoms with Crippen LogP contribution in [0, 0.1) is 6.92 Å². The van der Waals surface area contributed by atoms with Crippen LogP contribution in [0.5, 0.6) is 0 Å². The van der Waals surface area contributed by atoms with E-state index in [0.29, 0.717) is 5.56 Å². The van der Waals surface area contributed by atoms with Gasteiger partial charge in [-0.1, -0.05) is 12.1 Å². The normalized spacial score (nSPS) is 10.1. The first kappa shape index (κ1) is 15.4. The maximum absolute atomic E-state index is 12.5. The van der Waals surface area contributed by atoms with Crippen molar-refractivity contribution < 1.29 is 24.2 Å². The first-order chi connectivity index (χ1) is 10.5. The second kappa shape index (κ2) is 6.17. The van der Waals surface area contributed by atoms with Crippen LogP contribution < -0.4 is 0 Å². The molecule has 22 heavy (non-hydrogen) atoms. The van der Waals surface area contributed by atoms with Crippen LogP contribution in [0.1, 0.15) is 42.3 Å². The minimum Gasteiger partial charge on any atom is -0.478 e. The Hall–Kier alpha value is -3.02. The Balaban J connectivity index is 2.51. The van der Waals surface area contributed by atoms with Crippen LogP contribution in [-0.2, 0) is 4.74 Å². The summed E-state index contributed by atoms with van der Waals surface area (Å²) in [5.41, 5.74) is 0.721. The lowest BCUT2D eigenvalue weighted by atomic mass is 9.99. The fraction of sp³-hybridized carbons (Fsp3) is 0.125. The highest BCUT2D eigenvalue weighted by Gasteiger charge is 2.21. The highest BCUT2D eigenvalue weighted by molar-refractivity contribution is 6.13. The molecule has 0 bridgehead atoms. The van der Waals surface area contributed by atoms with Crippen molar-refractivity contribution >= 4 is 17.7 Å². The van der Waals surface area contributed by atoms with Crippen LogP contribution in [0.2, 0.25) is 0 Å². The van der Waals surface area contributed by atoms with Crippen LogP contribution in [0.15, 0.2) is 36.5 Å². The molecule has 0 aliphatic carbocycles. The molecular weight excluding hydrogens is 286 g/mol. The van der Waals surface area contributed by atoms with Crippen LogP contribution in [0.25, 0.3) is 0 Å². The number of ketones is 1. The molecule has 6 heteroatoms. The van der Waals surface area contributed by atoms with Crippen LogP contribution in [-0.4, -0.2) is 34.9 Å². The van der Waals surface area contributed by atoms with E-state index in [1.165, 1.54) is 37.6 Å². The average molecular weight is 299 g/mol. The molecule has 1 aromatic heterocycles. The average Bonchev–Trinajstić information content (AvgIpc) is 2.53. The van der Waals surface area contributed by atoms with E-state index >= 15 is 0 Å². The summed E-state index contributed by atoms with van der Waals surface area (Å²) in [7, 11) is 1.25. The highest BCUT2D eigenvalue weighted by atomic mass is 16.5. The Morgan fingerprint density at radius 3 is 2.50 bits per heavy atom. The van der Waals surface area contributed by atoms with Gasteiger partial charge in [0.25, 0.3) is 0 Å². The molecule has 0 saturated heterocycles. The minimum atomic E-state index is -1.24. The number of hydrogen-bond acceptors (Lipinski definition) is 5. The number of methoxy groups -OCH3 is 1. The molecule has 2 rings (SSSR count). The monoisotopic (exact) mass is 299 g/mol. The largest absolute Gasteiger partial charge is 0.478 e. The first-order valence-corrected chi connectivity index (χ1v) is 6.37. The Labute approximate surface area is 126 Å². The van der Waals surface area contributed by atoms with E-state index < -0.39 is 17.7 Å². The second-order valence-corrected chi connectivity index (χ2v) is 4.56. The predicted octanol–water partition coefficient (Wildman–Crippen LogP) is 2.11. The van der Waals surface area contributed by atoms with E-state index in [1.807, 2.05) is 0 Å². The summed E-state index contributed by atoms with van der Waals surface area (Å²) in [5.74, 6) is -2.37. The number of carbonyl (C=O) groups excluding carboxylic acids is 2. The van der Waals surface area contributed by atoms with Crippen molar-refractivity contribution in [3.8, 4) is 0 Å². The molecule has 0 unspecified atom stereocenters. The lowest BCUT2D eigenvalue weighted by molar-refractivity contribution is 0.0599. The van der Waals surface area contributed by atoms with Crippen molar-refractivity contribution in [2.75, 3.05) is 7.11 Å². The molecule has 1 heterocycles. The molecule has 2 aromatic rings. The van der Waals surface area contributed by atoms with Gasteiger partial charge in [-0.2, -0.15) is 0 Å². The lowest BCUT2D eigenvalue weighted by Gasteiger charge is -2.08. The SMILES string of the molecule is COC(=O)c1cc(C(=O)c2ncccc2C(=O)O)ccc1C. The third-order valence-corrected chi connectivity index (χ3v) is 3.16. The summed E-state index contributed by atoms with van der Waals surface area (Å²) in [4.78, 5) is 39.2. The summed E-state index contributed by atoms with van der Waals surface area (Å²) >= 11 is 0. The summed E-state index contributed by atoms with van der Waals surface area (Å²) in [5, 5.41) is 9.12. The van der Waals surface area contributed by atoms with Gasteiger partial charge in [0.15, 0.2) is 0 Å². The van der Waals surface area contributed by atoms with Crippen molar-refractivity contribution in [1.29, 1.82) is 0 Å². The van der Waals surface area contributed by atoms with Gasteiger partial charge in [-0.05, 0) is 30.7 Å². The zero-order valence-electron chi connectivity index (χ0n) is 12.0. The van der Waals surface area contributed by atoms with Gasteiger partial charge in [-0.15, -0.1) is 0 Å². The zero-order chi connectivity index (χ0) is 16.3. The van der Waals surface area contributed by atoms with Crippen molar-refractivity contribution in [2.24, 2.45) is 0 Å². The molecule has 0 radical (unpaired) electrons. The highest BCUT2D eigenvalue weighted by Crippen LogP contribution is 2.17. The van der Waals surface area contributed by atoms with E-state index in [2.05, 4.69) is 9.72 Å². The van der Waals surface area contributed by atoms with Gasteiger partial charge >= 0.3 is 11.9 Å². The van der Waals surface area contributed by atoms with Crippen molar-refractivity contribution in [3.63, 3.8) is 0 Å². The van der Waals surface area contributed by atoms with Gasteiger partial charge in [0.1, 0.15) is 5.69 Å². The van der Waals surface area contributed by atoms with Crippen molar-refractivity contribution in [2.45, 2.75) is 6.92 Å². The first-order valence-electron chi connectivity index (χ1n) is 6.37. The van der Waals surface area contributed by atoms with E-state index in [1.54, 1.807) is 13.0 Å². The van der Waals surface area contributed by atoms with E-state index in [-0.39, 0.29) is 22.4 Å². The summed E-state index contributed by atoms with van der Waals surface area (Å²) in [6.07, 6.45) is 1.34. The van der Waals surface area contributed by atoms with E-state index in [4.69, 9.17) is 5.11 Å². The fourth-order valence-corrected chi connectivity index (χ4v) is 1.99. The second-order valence-electron chi connectivity index (χ2n) is 4.56. The number of carboxylic acid groups (broad SMARTS) is 1. The number of carbonyl (C=O) groups is 3. The van der Waals surface area contributed by atoms with Crippen LogP contribution >= 0.6 is 0 Å². The number of aromatic nitrogens is 1. The van der Waals surface area contributed by atoms with Gasteiger partial charge < -0.3 is 9.84 Å². The number of carboxylic acids is 1. The zero-order valence-corrected chi connectivity index (χ0v) is 12.0. The third kappa shape index (κ3) is 2.85. The molecule has 1 N–H and O–H groups in total. The van der Waals surface area contributed by atoms with E-state index in [9.17, 15) is 14.4 Å². The Morgan fingerprint density at radius 2 is 1.86 bits per heavy atom. The van der Waals surface area contributed by atoms with Crippen molar-refractivity contribution in [1.82, 2.24) is 4.98 Å². The quantitative estimate of drug-likeness (QED) is 0.686. The molecule has 1 aromatic carbocycles. The Kier molecular flexibility index (Phi) is 4.31. The van der Waals surface area contributed by atoms with Gasteiger partial charge in [0.05, 0.1) is 18.2 Å². The number of aromatic carboxylic acids is 1. The number of rotatable bonds is 4. The van der Waals surface area contributed by atoms with Gasteiger partial charge in [-0.25, -0.2) is 9.59 Å². The van der Waals surface area contributed by atoms with Crippen LogP contribution in [0.4, 0.5) is 0 Å². The van der Waals surface area contributed by atoms with Crippen LogP contribution in [0.3, 0.4) is 0 Å². The smallest absolute Gasteiger partial charge is 0.338 e. The molecule has 0 aliphatic heterocycles. The molecule has 0 amide bonds. The fourth-order valence-electron chi connectivity index (χ4n) is 1.99. The molecule has 0 atom stereocenters. The minimum absolute atomic E-state index is 0.172. The Bertz CT molecular complexity index is 767. The Morgan fingerprint density at radius 1 is 1.14 bits per heavy atom. The molecule has 6 nitrogen and oxygen atoms in total. The standard InChI is InChI=1S/C16H13NO5/c1-9-5-6-10(8-12(9)16(21)22-2)14(18)13-11(15(19)20)4-3-7-17-13/h3-8H,1-2H3,(H,19,20). The predicted molar refractivity (Wildman–Crippen MR) is 77.1 cm³/mol.